The normalized spacial score (nSPS) is 10.8. The zero-order chi connectivity index (χ0) is 25.7. The van der Waals surface area contributed by atoms with Crippen LogP contribution < -0.4 is 0 Å². The fourth-order valence-corrected chi connectivity index (χ4v) is 4.80. The molecule has 0 aliphatic rings. The van der Waals surface area contributed by atoms with E-state index in [1.165, 1.54) is 141 Å². The summed E-state index contributed by atoms with van der Waals surface area (Å²) >= 11 is 0. The summed E-state index contributed by atoms with van der Waals surface area (Å²) in [6, 6.07) is 0. The summed E-state index contributed by atoms with van der Waals surface area (Å²) in [5.41, 5.74) is 0. The summed E-state index contributed by atoms with van der Waals surface area (Å²) in [7, 11) is 0. The number of esters is 2. The summed E-state index contributed by atoms with van der Waals surface area (Å²) in [6.07, 6.45) is 34.3. The molecule has 0 saturated heterocycles. The van der Waals surface area contributed by atoms with Crippen molar-refractivity contribution in [1.29, 1.82) is 0 Å². The molecule has 0 amide bonds. The molecule has 36 heavy (non-hydrogen) atoms. The first-order valence-corrected chi connectivity index (χ1v) is 15.9. The molecule has 0 saturated carbocycles. The van der Waals surface area contributed by atoms with Gasteiger partial charge in [-0.15, -0.1) is 0 Å². The van der Waals surface area contributed by atoms with E-state index in [1.807, 2.05) is 0 Å². The minimum absolute atomic E-state index is 0. The molecule has 0 aromatic heterocycles. The van der Waals surface area contributed by atoms with Crippen molar-refractivity contribution in [3.05, 3.63) is 0 Å². The predicted molar refractivity (Wildman–Crippen MR) is 160 cm³/mol. The van der Waals surface area contributed by atoms with E-state index in [9.17, 15) is 9.59 Å². The molecule has 0 aromatic carbocycles. The van der Waals surface area contributed by atoms with Crippen molar-refractivity contribution in [1.82, 2.24) is 0 Å². The molecule has 0 aliphatic carbocycles. The van der Waals surface area contributed by atoms with Gasteiger partial charge in [0.05, 0.1) is 0 Å². The van der Waals surface area contributed by atoms with Gasteiger partial charge in [-0.3, -0.25) is 9.59 Å². The summed E-state index contributed by atoms with van der Waals surface area (Å²) in [5, 5.41) is 0. The van der Waals surface area contributed by atoms with Gasteiger partial charge in [0.2, 0.25) is 0 Å². The van der Waals surface area contributed by atoms with Crippen LogP contribution in [0.4, 0.5) is 0 Å². The molecular weight excluding hydrogens is 570 g/mol. The maximum absolute atomic E-state index is 11.8. The molecule has 0 radical (unpaired) electrons. The molecule has 0 bridgehead atoms. The van der Waals surface area contributed by atoms with Crippen LogP contribution >= 0.6 is 0 Å². The molecule has 0 unspecified atom stereocenters. The third-order valence-electron chi connectivity index (χ3n) is 7.20. The first-order valence-electron chi connectivity index (χ1n) is 15.9. The second kappa shape index (κ2) is 33.7. The molecule has 0 rings (SSSR count). The maximum atomic E-state index is 11.8. The molecule has 0 atom stereocenters. The Morgan fingerprint density at radius 2 is 0.556 bits per heavy atom. The number of hydrogen-bond donors (Lipinski definition) is 0. The van der Waals surface area contributed by atoms with Crippen LogP contribution in [0.25, 0.3) is 0 Å². The molecule has 0 spiro atoms. The Hall–Kier alpha value is 0.711. The van der Waals surface area contributed by atoms with Crippen molar-refractivity contribution in [2.75, 3.05) is 0 Å². The quantitative estimate of drug-likeness (QED) is 0.0373. The summed E-state index contributed by atoms with van der Waals surface area (Å²) in [6.45, 7) is 4.53. The topological polar surface area (TPSA) is 43.4 Å². The Morgan fingerprint density at radius 1 is 0.361 bits per heavy atom. The van der Waals surface area contributed by atoms with Gasteiger partial charge in [0.1, 0.15) is 0 Å². The first kappa shape index (κ1) is 38.9. The van der Waals surface area contributed by atoms with Crippen LogP contribution in [0, 0.1) is 0 Å². The predicted octanol–water partition coefficient (Wildman–Crippen LogP) is 10.1. The Morgan fingerprint density at radius 3 is 0.778 bits per heavy atom. The van der Waals surface area contributed by atoms with E-state index in [4.69, 9.17) is 4.74 Å². The van der Waals surface area contributed by atoms with Crippen LogP contribution in [-0.4, -0.2) is 60.8 Å². The number of ether oxygens (including phenoxy) is 1. The van der Waals surface area contributed by atoms with Gasteiger partial charge in [0.15, 0.2) is 0 Å². The fraction of sp³-hybridized carbons (Fsp3) is 0.938. The monoisotopic (exact) mass is 634 g/mol. The Balaban J connectivity index is 0. The number of rotatable bonds is 28. The van der Waals surface area contributed by atoms with Crippen molar-refractivity contribution in [2.45, 2.75) is 194 Å². The molecule has 212 valence electrons. The zero-order valence-corrected chi connectivity index (χ0v) is 24.0. The van der Waals surface area contributed by atoms with E-state index < -0.39 is 0 Å². The van der Waals surface area contributed by atoms with Crippen molar-refractivity contribution in [3.63, 3.8) is 0 Å². The van der Waals surface area contributed by atoms with Crippen molar-refractivity contribution >= 4 is 60.8 Å². The van der Waals surface area contributed by atoms with Crippen molar-refractivity contribution in [3.8, 4) is 0 Å². The first-order chi connectivity index (χ1) is 17.2. The second-order valence-electron chi connectivity index (χ2n) is 10.8. The Labute approximate surface area is 266 Å². The third kappa shape index (κ3) is 32.7. The molecule has 3 nitrogen and oxygen atoms in total. The van der Waals surface area contributed by atoms with Gasteiger partial charge in [-0.2, -0.15) is 0 Å². The standard InChI is InChI=1S/C32H62O3.Ba.2H/c1-3-5-7-9-11-13-15-16-17-18-20-22-24-26-28-30-32(34)35-31(33)29-27-25-23-21-19-14-12-10-8-6-4-2;;;/h3-30H2,1-2H3;;;. The molecule has 0 N–H and O–H groups in total. The fourth-order valence-electron chi connectivity index (χ4n) is 4.80. The number of carbonyl (C=O) groups excluding carboxylic acids is 2. The van der Waals surface area contributed by atoms with Gasteiger partial charge in [0, 0.05) is 12.8 Å². The SMILES string of the molecule is CCCCCCCCCCCCCCCCCC(=O)OC(=O)CCCCCCCCCCCCC.[BaH2]. The zero-order valence-electron chi connectivity index (χ0n) is 24.0. The summed E-state index contributed by atoms with van der Waals surface area (Å²) in [5.74, 6) is -0.653. The van der Waals surface area contributed by atoms with Crippen LogP contribution in [0.3, 0.4) is 0 Å². The van der Waals surface area contributed by atoms with E-state index >= 15 is 0 Å². The van der Waals surface area contributed by atoms with Crippen LogP contribution in [-0.2, 0) is 14.3 Å². The van der Waals surface area contributed by atoms with Crippen LogP contribution in [0.15, 0.2) is 0 Å². The van der Waals surface area contributed by atoms with Gasteiger partial charge in [-0.1, -0.05) is 168 Å². The van der Waals surface area contributed by atoms with Crippen LogP contribution in [0.2, 0.25) is 0 Å². The summed E-state index contributed by atoms with van der Waals surface area (Å²) in [4.78, 5) is 23.7. The van der Waals surface area contributed by atoms with Gasteiger partial charge >= 0.3 is 60.8 Å². The van der Waals surface area contributed by atoms with Gasteiger partial charge < -0.3 is 4.74 Å². The van der Waals surface area contributed by atoms with E-state index in [0.29, 0.717) is 12.8 Å². The molecule has 0 aliphatic heterocycles. The van der Waals surface area contributed by atoms with Crippen LogP contribution in [0.5, 0.6) is 0 Å². The van der Waals surface area contributed by atoms with Crippen LogP contribution in [0.1, 0.15) is 194 Å². The number of unbranched alkanes of at least 4 members (excludes halogenated alkanes) is 24. The minimum atomic E-state index is -0.327. The Kier molecular flexibility index (Phi) is 36.4. The molecule has 4 heteroatoms. The Bertz CT molecular complexity index is 453. The van der Waals surface area contributed by atoms with Gasteiger partial charge in [0.25, 0.3) is 0 Å². The number of carbonyl (C=O) groups is 2. The molecule has 0 aromatic rings. The van der Waals surface area contributed by atoms with Gasteiger partial charge in [-0.05, 0) is 12.8 Å². The average Bonchev–Trinajstić information content (AvgIpc) is 2.85. The number of hydrogen-bond acceptors (Lipinski definition) is 3. The van der Waals surface area contributed by atoms with E-state index in [2.05, 4.69) is 13.8 Å². The van der Waals surface area contributed by atoms with Crippen molar-refractivity contribution < 1.29 is 14.3 Å². The summed E-state index contributed by atoms with van der Waals surface area (Å²) < 4.78 is 4.98. The van der Waals surface area contributed by atoms with Gasteiger partial charge in [-0.25, -0.2) is 0 Å². The van der Waals surface area contributed by atoms with E-state index in [-0.39, 0.29) is 60.8 Å². The van der Waals surface area contributed by atoms with E-state index in [0.717, 1.165) is 25.7 Å². The molecular formula is C32H64BaO3. The average molecular weight is 634 g/mol. The second-order valence-corrected chi connectivity index (χ2v) is 10.8. The molecule has 0 fully saturated rings. The van der Waals surface area contributed by atoms with E-state index in [1.54, 1.807) is 0 Å². The molecule has 0 heterocycles. The van der Waals surface area contributed by atoms with Crippen molar-refractivity contribution in [2.24, 2.45) is 0 Å². The third-order valence-corrected chi connectivity index (χ3v) is 7.20.